The summed E-state index contributed by atoms with van der Waals surface area (Å²) in [5, 5.41) is 12.5. The predicted octanol–water partition coefficient (Wildman–Crippen LogP) is 3.99. The molecule has 0 saturated carbocycles. The lowest BCUT2D eigenvalue weighted by Crippen LogP contribution is -2.49. The van der Waals surface area contributed by atoms with Crippen LogP contribution >= 0.6 is 11.6 Å². The number of anilines is 1. The van der Waals surface area contributed by atoms with E-state index in [1.54, 1.807) is 0 Å². The van der Waals surface area contributed by atoms with Crippen LogP contribution in [0, 0.1) is 0 Å². The van der Waals surface area contributed by atoms with Gasteiger partial charge in [-0.15, -0.1) is 0 Å². The van der Waals surface area contributed by atoms with Crippen LogP contribution in [0.25, 0.3) is 0 Å². The van der Waals surface area contributed by atoms with E-state index < -0.39 is 5.72 Å². The number of rotatable bonds is 3. The van der Waals surface area contributed by atoms with Gasteiger partial charge in [0.25, 0.3) is 11.6 Å². The lowest BCUT2D eigenvalue weighted by atomic mass is 9.92. The molecule has 2 aromatic rings. The Morgan fingerprint density at radius 3 is 2.54 bits per heavy atom. The van der Waals surface area contributed by atoms with Gasteiger partial charge in [-0.05, 0) is 37.1 Å². The summed E-state index contributed by atoms with van der Waals surface area (Å²) in [6, 6.07) is 18.0. The van der Waals surface area contributed by atoms with Gasteiger partial charge in [-0.2, -0.15) is 0 Å². The van der Waals surface area contributed by atoms with E-state index in [9.17, 15) is 5.11 Å². The minimum Gasteiger partial charge on any atom is -0.346 e. The molecule has 0 amide bonds. The van der Waals surface area contributed by atoms with Gasteiger partial charge in [0.1, 0.15) is 5.69 Å². The van der Waals surface area contributed by atoms with Gasteiger partial charge >= 0.3 is 0 Å². The van der Waals surface area contributed by atoms with E-state index in [0.29, 0.717) is 5.02 Å². The van der Waals surface area contributed by atoms with E-state index in [0.717, 1.165) is 37.1 Å². The fourth-order valence-electron chi connectivity index (χ4n) is 4.24. The maximum atomic E-state index is 11.8. The summed E-state index contributed by atoms with van der Waals surface area (Å²) in [5.41, 5.74) is 1.05. The van der Waals surface area contributed by atoms with Crippen LogP contribution in [0.5, 0.6) is 0 Å². The van der Waals surface area contributed by atoms with Crippen LogP contribution in [-0.4, -0.2) is 28.1 Å². The molecule has 0 unspecified atom stereocenters. The highest BCUT2D eigenvalue weighted by atomic mass is 35.5. The van der Waals surface area contributed by atoms with Crippen molar-refractivity contribution in [3.8, 4) is 0 Å². The number of hydrogen-bond acceptors (Lipinski definition) is 2. The molecule has 2 aromatic carbocycles. The normalized spacial score (nSPS) is 26.1. The molecule has 0 radical (unpaired) electrons. The number of nitrogens with zero attached hydrogens (tertiary/aromatic N) is 2. The Morgan fingerprint density at radius 1 is 1.17 bits per heavy atom. The molecule has 2 atom stereocenters. The number of para-hydroxylation sites is 1. The smallest absolute Gasteiger partial charge is 0.273 e. The molecular formula is C20H22ClN2O+. The molecule has 2 aliphatic rings. The minimum atomic E-state index is -1.01. The van der Waals surface area contributed by atoms with Crippen LogP contribution in [0.4, 0.5) is 5.69 Å². The van der Waals surface area contributed by atoms with Crippen molar-refractivity contribution in [2.45, 2.75) is 38.0 Å². The maximum Gasteiger partial charge on any atom is 0.273 e. The molecule has 2 heterocycles. The van der Waals surface area contributed by atoms with Crippen LogP contribution in [-0.2, 0) is 5.72 Å². The van der Waals surface area contributed by atoms with Crippen LogP contribution < -0.4 is 4.90 Å². The molecule has 0 aliphatic carbocycles. The van der Waals surface area contributed by atoms with Crippen molar-refractivity contribution in [2.75, 3.05) is 11.4 Å². The molecule has 4 rings (SSSR count). The van der Waals surface area contributed by atoms with Crippen molar-refractivity contribution in [3.63, 3.8) is 0 Å². The van der Waals surface area contributed by atoms with Crippen molar-refractivity contribution < 1.29 is 9.68 Å². The standard InChI is InChI=1S/C20H22ClN2O/c1-2-18-20(24,15-10-12-16(21)13-11-15)22-14-6-9-19(22)23(18)17-7-4-3-5-8-17/h3-5,7-8,10-13,18,24H,2,6,9,14H2,1H3/q+1/t18-,20-/m0/s1. The van der Waals surface area contributed by atoms with Crippen LogP contribution in [0.2, 0.25) is 5.02 Å². The molecule has 1 N–H and O–H groups in total. The topological polar surface area (TPSA) is 26.5 Å². The molecule has 4 heteroatoms. The molecule has 0 spiro atoms. The minimum absolute atomic E-state index is 0.0172. The molecule has 2 aliphatic heterocycles. The van der Waals surface area contributed by atoms with E-state index in [1.807, 2.05) is 30.3 Å². The molecule has 3 nitrogen and oxygen atoms in total. The highest BCUT2D eigenvalue weighted by Crippen LogP contribution is 2.42. The van der Waals surface area contributed by atoms with Crippen molar-refractivity contribution in [1.29, 1.82) is 0 Å². The summed E-state index contributed by atoms with van der Waals surface area (Å²) in [4.78, 5) is 2.33. The van der Waals surface area contributed by atoms with Gasteiger partial charge in [0.15, 0.2) is 6.04 Å². The lowest BCUT2D eigenvalue weighted by Gasteiger charge is -2.31. The Bertz CT molecular complexity index is 772. The summed E-state index contributed by atoms with van der Waals surface area (Å²) in [6.07, 6.45) is 2.93. The quantitative estimate of drug-likeness (QED) is 0.854. The zero-order valence-electron chi connectivity index (χ0n) is 13.8. The highest BCUT2D eigenvalue weighted by molar-refractivity contribution is 6.30. The predicted molar refractivity (Wildman–Crippen MR) is 97.7 cm³/mol. The van der Waals surface area contributed by atoms with Crippen LogP contribution in [0.1, 0.15) is 31.7 Å². The zero-order valence-corrected chi connectivity index (χ0v) is 14.6. The maximum absolute atomic E-state index is 11.8. The summed E-state index contributed by atoms with van der Waals surface area (Å²) < 4.78 is 2.19. The van der Waals surface area contributed by atoms with Crippen LogP contribution in [0.15, 0.2) is 54.6 Å². The monoisotopic (exact) mass is 341 g/mol. The molecule has 0 bridgehead atoms. The first-order valence-electron chi connectivity index (χ1n) is 8.62. The first-order valence-corrected chi connectivity index (χ1v) is 9.00. The average molecular weight is 342 g/mol. The second-order valence-electron chi connectivity index (χ2n) is 6.53. The first kappa shape index (κ1) is 15.7. The van der Waals surface area contributed by atoms with Gasteiger partial charge in [-0.3, -0.25) is 0 Å². The van der Waals surface area contributed by atoms with Crippen LogP contribution in [0.3, 0.4) is 0 Å². The fraction of sp³-hybridized carbons (Fsp3) is 0.350. The van der Waals surface area contributed by atoms with Gasteiger partial charge in [0.2, 0.25) is 0 Å². The number of halogens is 1. The van der Waals surface area contributed by atoms with Gasteiger partial charge < -0.3 is 5.11 Å². The molecule has 0 fully saturated rings. The van der Waals surface area contributed by atoms with Crippen molar-refractivity contribution >= 4 is 23.1 Å². The molecular weight excluding hydrogens is 320 g/mol. The highest BCUT2D eigenvalue weighted by Gasteiger charge is 2.60. The van der Waals surface area contributed by atoms with Crippen molar-refractivity contribution in [1.82, 2.24) is 0 Å². The number of benzene rings is 2. The fourth-order valence-corrected chi connectivity index (χ4v) is 4.37. The Labute approximate surface area is 147 Å². The van der Waals surface area contributed by atoms with Gasteiger partial charge in [-0.25, -0.2) is 9.48 Å². The SMILES string of the molecule is CC[C@@H]1N(c2ccccc2)C2=[N+](CCC2)[C@]1(O)c1ccc(Cl)cc1. The second-order valence-corrected chi connectivity index (χ2v) is 6.97. The molecule has 0 aromatic heterocycles. The largest absolute Gasteiger partial charge is 0.346 e. The number of amidine groups is 1. The van der Waals surface area contributed by atoms with Gasteiger partial charge in [0, 0.05) is 10.6 Å². The Morgan fingerprint density at radius 2 is 1.88 bits per heavy atom. The molecule has 24 heavy (non-hydrogen) atoms. The van der Waals surface area contributed by atoms with E-state index in [1.165, 1.54) is 5.84 Å². The number of aliphatic hydroxyl groups is 1. The summed E-state index contributed by atoms with van der Waals surface area (Å²) in [5.74, 6) is 1.23. The third kappa shape index (κ3) is 2.19. The Kier molecular flexibility index (Phi) is 3.86. The van der Waals surface area contributed by atoms with E-state index in [-0.39, 0.29) is 6.04 Å². The summed E-state index contributed by atoms with van der Waals surface area (Å²) in [7, 11) is 0. The number of hydrogen-bond donors (Lipinski definition) is 1. The van der Waals surface area contributed by atoms with E-state index >= 15 is 0 Å². The summed E-state index contributed by atoms with van der Waals surface area (Å²) in [6.45, 7) is 3.03. The zero-order chi connectivity index (χ0) is 16.7. The average Bonchev–Trinajstić information content (AvgIpc) is 3.17. The third-order valence-corrected chi connectivity index (χ3v) is 5.50. The van der Waals surface area contributed by atoms with Gasteiger partial charge in [-0.1, -0.05) is 48.9 Å². The van der Waals surface area contributed by atoms with Gasteiger partial charge in [0.05, 0.1) is 13.0 Å². The molecule has 0 saturated heterocycles. The van der Waals surface area contributed by atoms with Crippen molar-refractivity contribution in [2.24, 2.45) is 0 Å². The summed E-state index contributed by atoms with van der Waals surface area (Å²) >= 11 is 6.06. The van der Waals surface area contributed by atoms with E-state index in [2.05, 4.69) is 40.7 Å². The molecule has 124 valence electrons. The second kappa shape index (κ2) is 5.91. The van der Waals surface area contributed by atoms with E-state index in [4.69, 9.17) is 11.6 Å². The first-order chi connectivity index (χ1) is 11.7. The lowest BCUT2D eigenvalue weighted by molar-refractivity contribution is -0.658. The Hall–Kier alpha value is -1.84. The van der Waals surface area contributed by atoms with Crippen molar-refractivity contribution in [3.05, 3.63) is 65.2 Å². The third-order valence-electron chi connectivity index (χ3n) is 5.25. The Balaban J connectivity index is 1.87.